The summed E-state index contributed by atoms with van der Waals surface area (Å²) < 4.78 is 10.5. The summed E-state index contributed by atoms with van der Waals surface area (Å²) in [5, 5.41) is 2.66. The maximum absolute atomic E-state index is 12.7. The third kappa shape index (κ3) is 3.64. The second-order valence-corrected chi connectivity index (χ2v) is 7.64. The number of carbonyl (C=O) groups excluding carboxylic acids is 4. The molecule has 2 heterocycles. The molecule has 2 fully saturated rings. The van der Waals surface area contributed by atoms with Gasteiger partial charge in [0.25, 0.3) is 0 Å². The van der Waals surface area contributed by atoms with Crippen LogP contribution in [-0.2, 0) is 20.9 Å². The van der Waals surface area contributed by atoms with Crippen LogP contribution in [0.15, 0.2) is 18.2 Å². The molecular formula is C20H23N3O6. The normalized spacial score (nSPS) is 23.7. The summed E-state index contributed by atoms with van der Waals surface area (Å²) in [6.07, 6.45) is 3.56. The molecule has 9 heteroatoms. The van der Waals surface area contributed by atoms with Gasteiger partial charge in [0, 0.05) is 12.6 Å². The number of imide groups is 2. The first-order valence-electron chi connectivity index (χ1n) is 9.80. The lowest BCUT2D eigenvalue weighted by atomic mass is 9.85. The predicted octanol–water partition coefficient (Wildman–Crippen LogP) is 1.40. The van der Waals surface area contributed by atoms with Gasteiger partial charge in [-0.15, -0.1) is 0 Å². The average molecular weight is 401 g/mol. The van der Waals surface area contributed by atoms with Gasteiger partial charge in [0.1, 0.15) is 6.54 Å². The quantitative estimate of drug-likeness (QED) is 0.591. The molecule has 0 spiro atoms. The van der Waals surface area contributed by atoms with Gasteiger partial charge in [0.2, 0.25) is 12.7 Å². The van der Waals surface area contributed by atoms with Gasteiger partial charge in [-0.25, -0.2) is 9.69 Å². The minimum absolute atomic E-state index is 0.143. The van der Waals surface area contributed by atoms with Crippen LogP contribution in [0.1, 0.15) is 38.2 Å². The number of benzene rings is 1. The molecule has 1 aromatic carbocycles. The number of carbonyl (C=O) groups is 4. The van der Waals surface area contributed by atoms with Crippen molar-refractivity contribution >= 4 is 23.8 Å². The second-order valence-electron chi connectivity index (χ2n) is 7.64. The molecular weight excluding hydrogens is 378 g/mol. The number of amides is 5. The standard InChI is InChI=1S/C20H23N3O6/c1-12-4-2-3-5-14(12)23-19(26)18(25)22(20(23)27)10-17(24)21-9-13-6-7-15-16(8-13)29-11-28-15/h6-8,12,14H,2-5,9-11H2,1H3,(H,21,24)/t12-,14-/m0/s1. The average Bonchev–Trinajstić information content (AvgIpc) is 3.26. The van der Waals surface area contributed by atoms with E-state index < -0.39 is 30.3 Å². The van der Waals surface area contributed by atoms with Gasteiger partial charge < -0.3 is 14.8 Å². The highest BCUT2D eigenvalue weighted by Crippen LogP contribution is 2.33. The molecule has 1 N–H and O–H groups in total. The smallest absolute Gasteiger partial charge is 0.334 e. The van der Waals surface area contributed by atoms with E-state index in [1.165, 1.54) is 0 Å². The lowest BCUT2D eigenvalue weighted by molar-refractivity contribution is -0.145. The van der Waals surface area contributed by atoms with Crippen LogP contribution in [0.5, 0.6) is 11.5 Å². The number of fused-ring (bicyclic) bond motifs is 1. The van der Waals surface area contributed by atoms with Gasteiger partial charge in [-0.1, -0.05) is 25.8 Å². The zero-order chi connectivity index (χ0) is 20.5. The topological polar surface area (TPSA) is 105 Å². The molecule has 154 valence electrons. The van der Waals surface area contributed by atoms with Crippen LogP contribution in [0.25, 0.3) is 0 Å². The highest BCUT2D eigenvalue weighted by Gasteiger charge is 2.49. The van der Waals surface area contributed by atoms with Gasteiger partial charge >= 0.3 is 17.8 Å². The number of nitrogens with one attached hydrogen (secondary N) is 1. The van der Waals surface area contributed by atoms with E-state index in [0.717, 1.165) is 34.6 Å². The van der Waals surface area contributed by atoms with Crippen molar-refractivity contribution in [3.05, 3.63) is 23.8 Å². The molecule has 2 aliphatic heterocycles. The summed E-state index contributed by atoms with van der Waals surface area (Å²) in [5.74, 6) is -0.906. The molecule has 4 rings (SSSR count). The van der Waals surface area contributed by atoms with E-state index in [4.69, 9.17) is 9.47 Å². The molecule has 0 unspecified atom stereocenters. The lowest BCUT2D eigenvalue weighted by Crippen LogP contribution is -2.47. The van der Waals surface area contributed by atoms with E-state index in [0.29, 0.717) is 17.9 Å². The molecule has 1 saturated carbocycles. The SMILES string of the molecule is C[C@H]1CCCC[C@@H]1N1C(=O)C(=O)N(CC(=O)NCc2ccc3c(c2)OCO3)C1=O. The van der Waals surface area contributed by atoms with Crippen molar-refractivity contribution in [1.82, 2.24) is 15.1 Å². The molecule has 9 nitrogen and oxygen atoms in total. The Kier molecular flexibility index (Phi) is 5.12. The molecule has 1 aromatic rings. The van der Waals surface area contributed by atoms with Crippen LogP contribution in [0, 0.1) is 5.92 Å². The Morgan fingerprint density at radius 3 is 2.66 bits per heavy atom. The van der Waals surface area contributed by atoms with Gasteiger partial charge in [0.15, 0.2) is 11.5 Å². The zero-order valence-corrected chi connectivity index (χ0v) is 16.2. The summed E-state index contributed by atoms with van der Waals surface area (Å²) in [4.78, 5) is 51.5. The molecule has 5 amide bonds. The Labute approximate surface area is 167 Å². The number of urea groups is 1. The third-order valence-electron chi connectivity index (χ3n) is 5.71. The number of hydrogen-bond donors (Lipinski definition) is 1. The van der Waals surface area contributed by atoms with Crippen LogP contribution in [0.2, 0.25) is 0 Å². The van der Waals surface area contributed by atoms with Gasteiger partial charge in [0.05, 0.1) is 0 Å². The predicted molar refractivity (Wildman–Crippen MR) is 99.8 cm³/mol. The van der Waals surface area contributed by atoms with Gasteiger partial charge in [-0.05, 0) is 36.5 Å². The zero-order valence-electron chi connectivity index (χ0n) is 16.2. The Balaban J connectivity index is 1.37. The number of rotatable bonds is 5. The Bertz CT molecular complexity index is 870. The minimum Gasteiger partial charge on any atom is -0.454 e. The van der Waals surface area contributed by atoms with E-state index in [1.54, 1.807) is 18.2 Å². The van der Waals surface area contributed by atoms with Crippen LogP contribution >= 0.6 is 0 Å². The molecule has 2 atom stereocenters. The monoisotopic (exact) mass is 401 g/mol. The highest BCUT2D eigenvalue weighted by molar-refractivity contribution is 6.45. The summed E-state index contributed by atoms with van der Waals surface area (Å²) in [6, 6.07) is 4.31. The molecule has 0 aromatic heterocycles. The number of hydrogen-bond acceptors (Lipinski definition) is 6. The summed E-state index contributed by atoms with van der Waals surface area (Å²) in [6.45, 7) is 1.86. The van der Waals surface area contributed by atoms with E-state index in [1.807, 2.05) is 6.92 Å². The molecule has 0 radical (unpaired) electrons. The Hall–Kier alpha value is -3.10. The van der Waals surface area contributed by atoms with Crippen LogP contribution in [0.4, 0.5) is 4.79 Å². The van der Waals surface area contributed by atoms with Gasteiger partial charge in [-0.2, -0.15) is 0 Å². The second kappa shape index (κ2) is 7.73. The van der Waals surface area contributed by atoms with Crippen LogP contribution in [-0.4, -0.2) is 52.9 Å². The Morgan fingerprint density at radius 1 is 1.10 bits per heavy atom. The first-order chi connectivity index (χ1) is 14.0. The van der Waals surface area contributed by atoms with Crippen molar-refractivity contribution < 1.29 is 28.7 Å². The first kappa shape index (κ1) is 19.2. The van der Waals surface area contributed by atoms with Crippen molar-refractivity contribution in [2.75, 3.05) is 13.3 Å². The van der Waals surface area contributed by atoms with E-state index in [-0.39, 0.29) is 25.3 Å². The molecule has 0 bridgehead atoms. The first-order valence-corrected chi connectivity index (χ1v) is 9.80. The van der Waals surface area contributed by atoms with Crippen molar-refractivity contribution in [3.63, 3.8) is 0 Å². The molecule has 3 aliphatic rings. The number of ether oxygens (including phenoxy) is 2. The van der Waals surface area contributed by atoms with Crippen molar-refractivity contribution in [3.8, 4) is 11.5 Å². The fourth-order valence-electron chi connectivity index (χ4n) is 4.09. The Morgan fingerprint density at radius 2 is 1.86 bits per heavy atom. The van der Waals surface area contributed by atoms with Crippen molar-refractivity contribution in [2.45, 2.75) is 45.2 Å². The fourth-order valence-corrected chi connectivity index (χ4v) is 4.09. The lowest BCUT2D eigenvalue weighted by Gasteiger charge is -2.34. The molecule has 1 aliphatic carbocycles. The maximum Gasteiger partial charge on any atom is 0.334 e. The third-order valence-corrected chi connectivity index (χ3v) is 5.71. The number of nitrogens with zero attached hydrogens (tertiary/aromatic N) is 2. The summed E-state index contributed by atoms with van der Waals surface area (Å²) in [5.41, 5.74) is 0.787. The van der Waals surface area contributed by atoms with Gasteiger partial charge in [-0.3, -0.25) is 19.3 Å². The molecule has 1 saturated heterocycles. The van der Waals surface area contributed by atoms with E-state index in [9.17, 15) is 19.2 Å². The summed E-state index contributed by atoms with van der Waals surface area (Å²) >= 11 is 0. The summed E-state index contributed by atoms with van der Waals surface area (Å²) in [7, 11) is 0. The molecule has 29 heavy (non-hydrogen) atoms. The van der Waals surface area contributed by atoms with E-state index >= 15 is 0 Å². The van der Waals surface area contributed by atoms with Crippen molar-refractivity contribution in [2.24, 2.45) is 5.92 Å². The fraction of sp³-hybridized carbons (Fsp3) is 0.500. The van der Waals surface area contributed by atoms with E-state index in [2.05, 4.69) is 5.32 Å². The highest BCUT2D eigenvalue weighted by atomic mass is 16.7. The van der Waals surface area contributed by atoms with Crippen LogP contribution < -0.4 is 14.8 Å². The van der Waals surface area contributed by atoms with Crippen molar-refractivity contribution in [1.29, 1.82) is 0 Å². The largest absolute Gasteiger partial charge is 0.454 e. The van der Waals surface area contributed by atoms with Crippen LogP contribution in [0.3, 0.4) is 0 Å². The maximum atomic E-state index is 12.7. The minimum atomic E-state index is -0.939.